The van der Waals surface area contributed by atoms with Gasteiger partial charge < -0.3 is 9.73 Å². The summed E-state index contributed by atoms with van der Waals surface area (Å²) < 4.78 is 5.87. The van der Waals surface area contributed by atoms with E-state index in [0.29, 0.717) is 22.4 Å². The summed E-state index contributed by atoms with van der Waals surface area (Å²) in [6.45, 7) is 2.59. The third kappa shape index (κ3) is 4.20. The molecule has 5 heteroatoms. The van der Waals surface area contributed by atoms with E-state index in [0.717, 1.165) is 16.9 Å². The minimum absolute atomic E-state index is 0.153. The van der Waals surface area contributed by atoms with Gasteiger partial charge in [0.15, 0.2) is 5.17 Å². The molecule has 4 rings (SSSR count). The number of carbonyl (C=O) groups excluding carboxylic acids is 1. The maximum absolute atomic E-state index is 12.2. The summed E-state index contributed by atoms with van der Waals surface area (Å²) in [5, 5.41) is 3.41. The van der Waals surface area contributed by atoms with Crippen LogP contribution in [0.3, 0.4) is 0 Å². The summed E-state index contributed by atoms with van der Waals surface area (Å²) in [4.78, 5) is 17.2. The van der Waals surface area contributed by atoms with E-state index in [4.69, 9.17) is 4.42 Å². The zero-order chi connectivity index (χ0) is 18.6. The number of hydrogen-bond acceptors (Lipinski definition) is 4. The molecule has 1 amide bonds. The van der Waals surface area contributed by atoms with Crippen molar-refractivity contribution in [2.24, 2.45) is 4.99 Å². The number of aliphatic imine (C=N–C) groups is 1. The lowest BCUT2D eigenvalue weighted by Crippen LogP contribution is -2.19. The fourth-order valence-corrected chi connectivity index (χ4v) is 3.48. The SMILES string of the molecule is Cc1ccc(-c2ccc(C=C3SC(=NCc4ccccc4)NC3=O)o2)cc1. The van der Waals surface area contributed by atoms with Crippen molar-refractivity contribution in [3.8, 4) is 11.3 Å². The molecule has 4 nitrogen and oxygen atoms in total. The molecule has 1 saturated heterocycles. The largest absolute Gasteiger partial charge is 0.457 e. The molecule has 27 heavy (non-hydrogen) atoms. The molecule has 0 aliphatic carbocycles. The predicted octanol–water partition coefficient (Wildman–Crippen LogP) is 5.02. The monoisotopic (exact) mass is 374 g/mol. The lowest BCUT2D eigenvalue weighted by molar-refractivity contribution is -0.115. The number of carbonyl (C=O) groups is 1. The molecule has 0 atom stereocenters. The standard InChI is InChI=1S/C22H18N2O2S/c1-15-7-9-17(10-8-15)19-12-11-18(26-19)13-20-21(25)24-22(27-20)23-14-16-5-3-2-4-6-16/h2-13H,14H2,1H3,(H,23,24,25). The molecule has 1 aromatic heterocycles. The van der Waals surface area contributed by atoms with Gasteiger partial charge >= 0.3 is 0 Å². The van der Waals surface area contributed by atoms with E-state index < -0.39 is 0 Å². The zero-order valence-corrected chi connectivity index (χ0v) is 15.6. The molecule has 2 heterocycles. The number of benzene rings is 2. The number of rotatable bonds is 4. The van der Waals surface area contributed by atoms with Crippen LogP contribution in [0.1, 0.15) is 16.9 Å². The van der Waals surface area contributed by atoms with Crippen molar-refractivity contribution < 1.29 is 9.21 Å². The van der Waals surface area contributed by atoms with Gasteiger partial charge in [-0.3, -0.25) is 9.79 Å². The van der Waals surface area contributed by atoms with Crippen molar-refractivity contribution in [1.82, 2.24) is 5.32 Å². The van der Waals surface area contributed by atoms with Gasteiger partial charge in [-0.05, 0) is 36.4 Å². The minimum Gasteiger partial charge on any atom is -0.457 e. The van der Waals surface area contributed by atoms with Gasteiger partial charge in [0.05, 0.1) is 11.4 Å². The summed E-state index contributed by atoms with van der Waals surface area (Å²) in [6.07, 6.45) is 1.75. The maximum Gasteiger partial charge on any atom is 0.264 e. The van der Waals surface area contributed by atoms with Gasteiger partial charge in [-0.25, -0.2) is 0 Å². The van der Waals surface area contributed by atoms with E-state index in [1.165, 1.54) is 17.3 Å². The minimum atomic E-state index is -0.153. The smallest absolute Gasteiger partial charge is 0.264 e. The fraction of sp³-hybridized carbons (Fsp3) is 0.0909. The molecule has 1 aliphatic heterocycles. The predicted molar refractivity (Wildman–Crippen MR) is 110 cm³/mol. The van der Waals surface area contributed by atoms with Crippen LogP contribution in [0.4, 0.5) is 0 Å². The van der Waals surface area contributed by atoms with Crippen LogP contribution in [0.25, 0.3) is 17.4 Å². The van der Waals surface area contributed by atoms with Gasteiger partial charge in [0.1, 0.15) is 11.5 Å². The Morgan fingerprint density at radius 1 is 1.04 bits per heavy atom. The Labute approximate surface area is 162 Å². The summed E-state index contributed by atoms with van der Waals surface area (Å²) in [7, 11) is 0. The van der Waals surface area contributed by atoms with Crippen molar-refractivity contribution in [1.29, 1.82) is 0 Å². The molecule has 0 unspecified atom stereocenters. The number of nitrogens with one attached hydrogen (secondary N) is 1. The molecular formula is C22H18N2O2S. The second-order valence-corrected chi connectivity index (χ2v) is 7.27. The van der Waals surface area contributed by atoms with Crippen LogP contribution in [-0.2, 0) is 11.3 Å². The average molecular weight is 374 g/mol. The highest BCUT2D eigenvalue weighted by Gasteiger charge is 2.24. The molecule has 0 radical (unpaired) electrons. The lowest BCUT2D eigenvalue weighted by Gasteiger charge is -1.97. The summed E-state index contributed by atoms with van der Waals surface area (Å²) in [5.41, 5.74) is 3.32. The van der Waals surface area contributed by atoms with Crippen LogP contribution >= 0.6 is 11.8 Å². The van der Waals surface area contributed by atoms with E-state index in [1.807, 2.05) is 66.7 Å². The topological polar surface area (TPSA) is 54.6 Å². The molecular weight excluding hydrogens is 356 g/mol. The Morgan fingerprint density at radius 2 is 1.81 bits per heavy atom. The van der Waals surface area contributed by atoms with Gasteiger partial charge in [-0.15, -0.1) is 0 Å². The molecule has 1 fully saturated rings. The first-order valence-electron chi connectivity index (χ1n) is 8.63. The highest BCUT2D eigenvalue weighted by Crippen LogP contribution is 2.29. The van der Waals surface area contributed by atoms with Crippen LogP contribution in [-0.4, -0.2) is 11.1 Å². The van der Waals surface area contributed by atoms with Gasteiger partial charge in [-0.2, -0.15) is 0 Å². The van der Waals surface area contributed by atoms with Crippen LogP contribution in [0.5, 0.6) is 0 Å². The number of hydrogen-bond donors (Lipinski definition) is 1. The molecule has 3 aromatic rings. The second-order valence-electron chi connectivity index (χ2n) is 6.24. The summed E-state index contributed by atoms with van der Waals surface area (Å²) in [5.74, 6) is 1.27. The van der Waals surface area contributed by atoms with Crippen molar-refractivity contribution in [2.45, 2.75) is 13.5 Å². The van der Waals surface area contributed by atoms with Gasteiger partial charge in [0, 0.05) is 11.6 Å². The van der Waals surface area contributed by atoms with E-state index in [-0.39, 0.29) is 5.91 Å². The first-order valence-corrected chi connectivity index (χ1v) is 9.45. The van der Waals surface area contributed by atoms with E-state index in [2.05, 4.69) is 17.2 Å². The number of thioether (sulfide) groups is 1. The number of amidine groups is 1. The van der Waals surface area contributed by atoms with Gasteiger partial charge in [-0.1, -0.05) is 60.2 Å². The van der Waals surface area contributed by atoms with Gasteiger partial charge in [0.25, 0.3) is 5.91 Å². The third-order valence-corrected chi connectivity index (χ3v) is 5.08. The number of amides is 1. The Morgan fingerprint density at radius 3 is 2.59 bits per heavy atom. The Balaban J connectivity index is 1.48. The van der Waals surface area contributed by atoms with E-state index >= 15 is 0 Å². The summed E-state index contributed by atoms with van der Waals surface area (Å²) in [6, 6.07) is 21.9. The molecule has 2 aromatic carbocycles. The Hall–Kier alpha value is -3.05. The molecule has 1 aliphatic rings. The van der Waals surface area contributed by atoms with Crippen LogP contribution in [0.2, 0.25) is 0 Å². The quantitative estimate of drug-likeness (QED) is 0.653. The third-order valence-electron chi connectivity index (χ3n) is 4.14. The molecule has 0 bridgehead atoms. The summed E-state index contributed by atoms with van der Waals surface area (Å²) >= 11 is 1.33. The lowest BCUT2D eigenvalue weighted by atomic mass is 10.1. The average Bonchev–Trinajstić information content (AvgIpc) is 3.29. The highest BCUT2D eigenvalue weighted by molar-refractivity contribution is 8.18. The zero-order valence-electron chi connectivity index (χ0n) is 14.8. The van der Waals surface area contributed by atoms with Crippen molar-refractivity contribution in [2.75, 3.05) is 0 Å². The number of furan rings is 1. The normalized spacial score (nSPS) is 16.9. The Kier molecular flexibility index (Phi) is 4.94. The molecule has 1 N–H and O–H groups in total. The number of nitrogens with zero attached hydrogens (tertiary/aromatic N) is 1. The van der Waals surface area contributed by atoms with Crippen molar-refractivity contribution >= 4 is 28.9 Å². The van der Waals surface area contributed by atoms with E-state index in [1.54, 1.807) is 6.08 Å². The fourth-order valence-electron chi connectivity index (χ4n) is 2.68. The first kappa shape index (κ1) is 17.4. The van der Waals surface area contributed by atoms with Crippen LogP contribution in [0, 0.1) is 6.92 Å². The van der Waals surface area contributed by atoms with Crippen molar-refractivity contribution in [3.05, 3.63) is 88.5 Å². The van der Waals surface area contributed by atoms with Gasteiger partial charge in [0.2, 0.25) is 0 Å². The maximum atomic E-state index is 12.2. The van der Waals surface area contributed by atoms with Crippen molar-refractivity contribution in [3.63, 3.8) is 0 Å². The first-order chi connectivity index (χ1) is 13.2. The molecule has 0 spiro atoms. The number of aryl methyl sites for hydroxylation is 1. The second kappa shape index (κ2) is 7.68. The Bertz CT molecular complexity index is 1020. The van der Waals surface area contributed by atoms with E-state index in [9.17, 15) is 4.79 Å². The van der Waals surface area contributed by atoms with Crippen LogP contribution in [0.15, 0.2) is 81.0 Å². The molecule has 0 saturated carbocycles. The molecule has 134 valence electrons. The van der Waals surface area contributed by atoms with Crippen LogP contribution < -0.4 is 5.32 Å². The highest BCUT2D eigenvalue weighted by atomic mass is 32.2.